The number of hydrogen-bond acceptors (Lipinski definition) is 3. The lowest BCUT2D eigenvalue weighted by Crippen LogP contribution is -2.40. The predicted molar refractivity (Wildman–Crippen MR) is 57.2 cm³/mol. The lowest BCUT2D eigenvalue weighted by Gasteiger charge is -2.25. The average molecular weight is 201 g/mol. The zero-order valence-electron chi connectivity index (χ0n) is 9.53. The molecule has 0 aromatic heterocycles. The van der Waals surface area contributed by atoms with Crippen molar-refractivity contribution >= 4 is 0 Å². The molecule has 0 aromatic rings. The monoisotopic (exact) mass is 201 g/mol. The molecule has 0 spiro atoms. The third kappa shape index (κ3) is 3.23. The van der Waals surface area contributed by atoms with Crippen molar-refractivity contribution < 1.29 is 9.47 Å². The van der Waals surface area contributed by atoms with Gasteiger partial charge >= 0.3 is 0 Å². The molecule has 4 atom stereocenters. The van der Waals surface area contributed by atoms with Crippen LogP contribution in [0.1, 0.15) is 33.1 Å². The summed E-state index contributed by atoms with van der Waals surface area (Å²) in [6.07, 6.45) is 3.93. The van der Waals surface area contributed by atoms with E-state index in [2.05, 4.69) is 13.8 Å². The average Bonchev–Trinajstić information content (AvgIpc) is 2.60. The fraction of sp³-hybridized carbons (Fsp3) is 1.00. The van der Waals surface area contributed by atoms with Crippen LogP contribution in [0.25, 0.3) is 0 Å². The van der Waals surface area contributed by atoms with Crippen molar-refractivity contribution in [3.63, 3.8) is 0 Å². The summed E-state index contributed by atoms with van der Waals surface area (Å²) < 4.78 is 10.8. The topological polar surface area (TPSA) is 44.5 Å². The summed E-state index contributed by atoms with van der Waals surface area (Å²) in [5.74, 6) is 0.477. The van der Waals surface area contributed by atoms with Gasteiger partial charge in [-0.15, -0.1) is 0 Å². The summed E-state index contributed by atoms with van der Waals surface area (Å²) in [4.78, 5) is 0. The maximum Gasteiger partial charge on any atom is 0.0733 e. The molecule has 1 saturated heterocycles. The van der Waals surface area contributed by atoms with Crippen molar-refractivity contribution in [3.8, 4) is 0 Å². The molecule has 14 heavy (non-hydrogen) atoms. The first kappa shape index (κ1) is 12.0. The lowest BCUT2D eigenvalue weighted by molar-refractivity contribution is 0.0255. The molecule has 1 rings (SSSR count). The Hall–Kier alpha value is -0.120. The highest BCUT2D eigenvalue weighted by molar-refractivity contribution is 4.83. The number of methoxy groups -OCH3 is 1. The minimum atomic E-state index is 0.162. The number of ether oxygens (including phenoxy) is 2. The second-order valence-electron chi connectivity index (χ2n) is 4.40. The van der Waals surface area contributed by atoms with Crippen LogP contribution >= 0.6 is 0 Å². The smallest absolute Gasteiger partial charge is 0.0733 e. The van der Waals surface area contributed by atoms with Gasteiger partial charge in [-0.05, 0) is 32.1 Å². The first-order valence-corrected chi connectivity index (χ1v) is 5.55. The summed E-state index contributed by atoms with van der Waals surface area (Å²) in [6, 6.07) is 0.162. The van der Waals surface area contributed by atoms with E-state index in [0.717, 1.165) is 25.9 Å². The predicted octanol–water partition coefficient (Wildman–Crippen LogP) is 1.55. The van der Waals surface area contributed by atoms with Gasteiger partial charge in [0.2, 0.25) is 0 Å². The summed E-state index contributed by atoms with van der Waals surface area (Å²) in [6.45, 7) is 5.08. The summed E-state index contributed by atoms with van der Waals surface area (Å²) in [5.41, 5.74) is 6.14. The Labute approximate surface area is 86.9 Å². The summed E-state index contributed by atoms with van der Waals surface area (Å²) in [5, 5.41) is 0. The number of hydrogen-bond donors (Lipinski definition) is 1. The Kier molecular flexibility index (Phi) is 4.85. The van der Waals surface area contributed by atoms with E-state index in [1.807, 2.05) is 0 Å². The molecule has 4 unspecified atom stereocenters. The van der Waals surface area contributed by atoms with Crippen molar-refractivity contribution in [2.45, 2.75) is 51.4 Å². The molecule has 2 N–H and O–H groups in total. The molecule has 0 bridgehead atoms. The van der Waals surface area contributed by atoms with Crippen LogP contribution in [0.3, 0.4) is 0 Å². The Morgan fingerprint density at radius 2 is 2.21 bits per heavy atom. The van der Waals surface area contributed by atoms with Crippen LogP contribution in [-0.2, 0) is 9.47 Å². The van der Waals surface area contributed by atoms with Gasteiger partial charge in [0.25, 0.3) is 0 Å². The van der Waals surface area contributed by atoms with E-state index in [4.69, 9.17) is 15.2 Å². The van der Waals surface area contributed by atoms with E-state index in [0.29, 0.717) is 12.0 Å². The molecule has 0 saturated carbocycles. The molecular formula is C11H23NO2. The third-order valence-corrected chi connectivity index (χ3v) is 3.13. The summed E-state index contributed by atoms with van der Waals surface area (Å²) in [7, 11) is 1.73. The van der Waals surface area contributed by atoms with Gasteiger partial charge in [-0.2, -0.15) is 0 Å². The highest BCUT2D eigenvalue weighted by Gasteiger charge is 2.30. The standard InChI is InChI=1S/C11H23NO2/c1-8(6-7-13-3)11(12)10-5-4-9(2)14-10/h8-11H,4-7,12H2,1-3H3. The lowest BCUT2D eigenvalue weighted by atomic mass is 9.93. The van der Waals surface area contributed by atoms with E-state index in [9.17, 15) is 0 Å². The van der Waals surface area contributed by atoms with Gasteiger partial charge in [0.1, 0.15) is 0 Å². The van der Waals surface area contributed by atoms with E-state index < -0.39 is 0 Å². The minimum absolute atomic E-state index is 0.162. The first-order valence-electron chi connectivity index (χ1n) is 5.55. The van der Waals surface area contributed by atoms with Crippen molar-refractivity contribution in [2.75, 3.05) is 13.7 Å². The van der Waals surface area contributed by atoms with Crippen LogP contribution in [0, 0.1) is 5.92 Å². The molecular weight excluding hydrogens is 178 g/mol. The highest BCUT2D eigenvalue weighted by Crippen LogP contribution is 2.24. The number of nitrogens with two attached hydrogens (primary N) is 1. The zero-order valence-corrected chi connectivity index (χ0v) is 9.53. The maximum atomic E-state index is 6.14. The molecule has 3 heteroatoms. The fourth-order valence-electron chi connectivity index (χ4n) is 1.98. The fourth-order valence-corrected chi connectivity index (χ4v) is 1.98. The molecule has 1 heterocycles. The minimum Gasteiger partial charge on any atom is -0.385 e. The van der Waals surface area contributed by atoms with Crippen LogP contribution in [0.2, 0.25) is 0 Å². The molecule has 0 aliphatic carbocycles. The van der Waals surface area contributed by atoms with Crippen LogP contribution in [-0.4, -0.2) is 32.0 Å². The Morgan fingerprint density at radius 3 is 2.71 bits per heavy atom. The second kappa shape index (κ2) is 5.69. The molecule has 0 radical (unpaired) electrons. The van der Waals surface area contributed by atoms with Crippen molar-refractivity contribution in [1.29, 1.82) is 0 Å². The van der Waals surface area contributed by atoms with Gasteiger partial charge in [-0.1, -0.05) is 6.92 Å². The van der Waals surface area contributed by atoms with Crippen molar-refractivity contribution in [3.05, 3.63) is 0 Å². The Balaban J connectivity index is 2.28. The van der Waals surface area contributed by atoms with Gasteiger partial charge in [0.05, 0.1) is 12.2 Å². The zero-order chi connectivity index (χ0) is 10.6. The van der Waals surface area contributed by atoms with Gasteiger partial charge in [0.15, 0.2) is 0 Å². The van der Waals surface area contributed by atoms with E-state index in [1.165, 1.54) is 0 Å². The third-order valence-electron chi connectivity index (χ3n) is 3.13. The van der Waals surface area contributed by atoms with Gasteiger partial charge in [-0.25, -0.2) is 0 Å². The first-order chi connectivity index (χ1) is 6.65. The molecule has 0 aromatic carbocycles. The van der Waals surface area contributed by atoms with E-state index in [-0.39, 0.29) is 12.1 Å². The highest BCUT2D eigenvalue weighted by atomic mass is 16.5. The van der Waals surface area contributed by atoms with Crippen LogP contribution in [0.15, 0.2) is 0 Å². The van der Waals surface area contributed by atoms with Gasteiger partial charge in [0, 0.05) is 19.8 Å². The molecule has 3 nitrogen and oxygen atoms in total. The quantitative estimate of drug-likeness (QED) is 0.734. The van der Waals surface area contributed by atoms with Gasteiger partial charge in [-0.3, -0.25) is 0 Å². The van der Waals surface area contributed by atoms with Crippen LogP contribution in [0.4, 0.5) is 0 Å². The normalized spacial score (nSPS) is 31.7. The van der Waals surface area contributed by atoms with E-state index >= 15 is 0 Å². The Morgan fingerprint density at radius 1 is 1.50 bits per heavy atom. The maximum absolute atomic E-state index is 6.14. The molecule has 1 aliphatic rings. The van der Waals surface area contributed by atoms with Crippen molar-refractivity contribution in [1.82, 2.24) is 0 Å². The molecule has 0 amide bonds. The van der Waals surface area contributed by atoms with E-state index in [1.54, 1.807) is 7.11 Å². The molecule has 1 aliphatic heterocycles. The number of rotatable bonds is 5. The summed E-state index contributed by atoms with van der Waals surface area (Å²) >= 11 is 0. The SMILES string of the molecule is COCCC(C)C(N)C1CCC(C)O1. The largest absolute Gasteiger partial charge is 0.385 e. The Bertz CT molecular complexity index is 163. The molecule has 1 fully saturated rings. The van der Waals surface area contributed by atoms with Crippen LogP contribution in [0.5, 0.6) is 0 Å². The van der Waals surface area contributed by atoms with Crippen LogP contribution < -0.4 is 5.73 Å². The van der Waals surface area contributed by atoms with Gasteiger partial charge < -0.3 is 15.2 Å². The molecule has 84 valence electrons. The second-order valence-corrected chi connectivity index (χ2v) is 4.40. The van der Waals surface area contributed by atoms with Crippen molar-refractivity contribution in [2.24, 2.45) is 11.7 Å².